The first-order valence-electron chi connectivity index (χ1n) is 6.48. The van der Waals surface area contributed by atoms with Crippen LogP contribution in [0.25, 0.3) is 0 Å². The molecule has 0 saturated heterocycles. The van der Waals surface area contributed by atoms with Crippen LogP contribution >= 0.6 is 0 Å². The number of aryl methyl sites for hydroxylation is 1. The number of carboxylic acid groups (broad SMARTS) is 1. The number of nitrogens with zero attached hydrogens (tertiary/aromatic N) is 2. The molecule has 1 aromatic heterocycles. The Balaban J connectivity index is 2.11. The summed E-state index contributed by atoms with van der Waals surface area (Å²) in [5, 5.41) is 12.0. The number of nitrogens with one attached hydrogen (secondary N) is 1. The summed E-state index contributed by atoms with van der Waals surface area (Å²) in [6, 6.07) is 0. The van der Waals surface area contributed by atoms with E-state index in [0.717, 1.165) is 30.8 Å². The molecule has 98 valence electrons. The molecule has 1 atom stereocenters. The molecule has 0 aliphatic heterocycles. The minimum absolute atomic E-state index is 0.402. The van der Waals surface area contributed by atoms with Gasteiger partial charge in [-0.3, -0.25) is 4.79 Å². The van der Waals surface area contributed by atoms with Crippen LogP contribution in [0.15, 0.2) is 6.33 Å². The molecule has 0 radical (unpaired) electrons. The maximum atomic E-state index is 10.8. The largest absolute Gasteiger partial charge is 0.481 e. The molecule has 2 N–H and O–H groups in total. The number of fused-ring (bicyclic) bond motifs is 1. The molecule has 5 nitrogen and oxygen atoms in total. The Labute approximate surface area is 107 Å². The quantitative estimate of drug-likeness (QED) is 0.797. The van der Waals surface area contributed by atoms with E-state index in [-0.39, 0.29) is 0 Å². The van der Waals surface area contributed by atoms with Crippen LogP contribution in [-0.4, -0.2) is 27.6 Å². The van der Waals surface area contributed by atoms with Gasteiger partial charge in [0.25, 0.3) is 0 Å². The van der Waals surface area contributed by atoms with E-state index in [9.17, 15) is 4.79 Å². The van der Waals surface area contributed by atoms with E-state index in [1.54, 1.807) is 13.3 Å². The van der Waals surface area contributed by atoms with Crippen molar-refractivity contribution in [3.05, 3.63) is 17.6 Å². The smallest absolute Gasteiger partial charge is 0.308 e. The monoisotopic (exact) mass is 249 g/mol. The third kappa shape index (κ3) is 2.97. The lowest BCUT2D eigenvalue weighted by Crippen LogP contribution is -2.21. The van der Waals surface area contributed by atoms with E-state index in [4.69, 9.17) is 5.11 Å². The summed E-state index contributed by atoms with van der Waals surface area (Å²) in [6.45, 7) is 2.09. The standard InChI is InChI=1S/C13H19N3O2/c1-9(13(17)18)7-14-12-10-5-3-2-4-6-11(10)15-8-16-12/h8-9H,2-7H2,1H3,(H,17,18)(H,14,15,16). The molecule has 2 rings (SSSR count). The van der Waals surface area contributed by atoms with Crippen molar-refractivity contribution in [3.8, 4) is 0 Å². The number of aromatic nitrogens is 2. The van der Waals surface area contributed by atoms with Crippen LogP contribution in [0.5, 0.6) is 0 Å². The van der Waals surface area contributed by atoms with Crippen molar-refractivity contribution in [1.82, 2.24) is 9.97 Å². The van der Waals surface area contributed by atoms with Gasteiger partial charge in [-0.05, 0) is 25.7 Å². The molecule has 0 saturated carbocycles. The first-order valence-corrected chi connectivity index (χ1v) is 6.48. The van der Waals surface area contributed by atoms with Crippen LogP contribution in [0.2, 0.25) is 0 Å². The Hall–Kier alpha value is -1.65. The molecule has 1 heterocycles. The fraction of sp³-hybridized carbons (Fsp3) is 0.615. The van der Waals surface area contributed by atoms with Crippen LogP contribution in [0.1, 0.15) is 37.4 Å². The van der Waals surface area contributed by atoms with Crippen LogP contribution < -0.4 is 5.32 Å². The Morgan fingerprint density at radius 2 is 2.17 bits per heavy atom. The predicted molar refractivity (Wildman–Crippen MR) is 68.6 cm³/mol. The zero-order chi connectivity index (χ0) is 13.0. The van der Waals surface area contributed by atoms with E-state index in [2.05, 4.69) is 15.3 Å². The Kier molecular flexibility index (Phi) is 4.12. The molecule has 0 spiro atoms. The molecule has 1 aliphatic carbocycles. The Morgan fingerprint density at radius 3 is 2.94 bits per heavy atom. The number of hydrogen-bond acceptors (Lipinski definition) is 4. The maximum Gasteiger partial charge on any atom is 0.308 e. The minimum Gasteiger partial charge on any atom is -0.481 e. The number of hydrogen-bond donors (Lipinski definition) is 2. The lowest BCUT2D eigenvalue weighted by molar-refractivity contribution is -0.140. The van der Waals surface area contributed by atoms with Crippen LogP contribution in [0.4, 0.5) is 5.82 Å². The van der Waals surface area contributed by atoms with Crippen LogP contribution in [-0.2, 0) is 17.6 Å². The van der Waals surface area contributed by atoms with Crippen molar-refractivity contribution in [1.29, 1.82) is 0 Å². The summed E-state index contributed by atoms with van der Waals surface area (Å²) >= 11 is 0. The highest BCUT2D eigenvalue weighted by atomic mass is 16.4. The van der Waals surface area contributed by atoms with Crippen molar-refractivity contribution in [3.63, 3.8) is 0 Å². The normalized spacial score (nSPS) is 16.5. The molecule has 18 heavy (non-hydrogen) atoms. The van der Waals surface area contributed by atoms with Gasteiger partial charge in [0.15, 0.2) is 0 Å². The van der Waals surface area contributed by atoms with Crippen LogP contribution in [0.3, 0.4) is 0 Å². The van der Waals surface area contributed by atoms with E-state index in [1.165, 1.54) is 18.4 Å². The summed E-state index contributed by atoms with van der Waals surface area (Å²) in [6.07, 6.45) is 7.11. The fourth-order valence-electron chi connectivity index (χ4n) is 2.19. The summed E-state index contributed by atoms with van der Waals surface area (Å²) in [4.78, 5) is 19.4. The second kappa shape index (κ2) is 5.80. The van der Waals surface area contributed by atoms with Gasteiger partial charge in [-0.15, -0.1) is 0 Å². The highest BCUT2D eigenvalue weighted by Crippen LogP contribution is 2.23. The molecule has 1 aromatic rings. The summed E-state index contributed by atoms with van der Waals surface area (Å²) < 4.78 is 0. The number of carboxylic acids is 1. The molecule has 0 bridgehead atoms. The van der Waals surface area contributed by atoms with Crippen molar-refractivity contribution in [2.45, 2.75) is 39.0 Å². The molecule has 1 unspecified atom stereocenters. The van der Waals surface area contributed by atoms with Crippen molar-refractivity contribution in [2.24, 2.45) is 5.92 Å². The third-order valence-electron chi connectivity index (χ3n) is 3.37. The van der Waals surface area contributed by atoms with Gasteiger partial charge in [0.2, 0.25) is 0 Å². The molecule has 1 aliphatic rings. The average Bonchev–Trinajstić information content (AvgIpc) is 2.61. The van der Waals surface area contributed by atoms with Gasteiger partial charge in [-0.1, -0.05) is 13.3 Å². The molecular weight excluding hydrogens is 230 g/mol. The third-order valence-corrected chi connectivity index (χ3v) is 3.37. The van der Waals surface area contributed by atoms with Gasteiger partial charge in [0.1, 0.15) is 12.1 Å². The SMILES string of the molecule is CC(CNc1ncnc2c1CCCCC2)C(=O)O. The summed E-state index contributed by atoms with van der Waals surface area (Å²) in [7, 11) is 0. The van der Waals surface area contributed by atoms with E-state index >= 15 is 0 Å². The molecular formula is C13H19N3O2. The zero-order valence-electron chi connectivity index (χ0n) is 10.6. The van der Waals surface area contributed by atoms with E-state index in [1.807, 2.05) is 0 Å². The number of anilines is 1. The van der Waals surface area contributed by atoms with Crippen LogP contribution in [0, 0.1) is 5.92 Å². The predicted octanol–water partition coefficient (Wildman–Crippen LogP) is 1.88. The van der Waals surface area contributed by atoms with Gasteiger partial charge < -0.3 is 10.4 Å². The van der Waals surface area contributed by atoms with Crippen molar-refractivity contribution >= 4 is 11.8 Å². The van der Waals surface area contributed by atoms with Crippen molar-refractivity contribution in [2.75, 3.05) is 11.9 Å². The average molecular weight is 249 g/mol. The zero-order valence-corrected chi connectivity index (χ0v) is 10.6. The molecule has 0 fully saturated rings. The topological polar surface area (TPSA) is 75.1 Å². The lowest BCUT2D eigenvalue weighted by Gasteiger charge is -2.13. The number of aliphatic carboxylic acids is 1. The van der Waals surface area contributed by atoms with Gasteiger partial charge in [-0.2, -0.15) is 0 Å². The summed E-state index contributed by atoms with van der Waals surface area (Å²) in [5.74, 6) is -0.390. The van der Waals surface area contributed by atoms with E-state index < -0.39 is 11.9 Å². The van der Waals surface area contributed by atoms with Gasteiger partial charge >= 0.3 is 5.97 Å². The molecule has 0 amide bonds. The van der Waals surface area contributed by atoms with Crippen molar-refractivity contribution < 1.29 is 9.90 Å². The second-order valence-electron chi connectivity index (χ2n) is 4.83. The highest BCUT2D eigenvalue weighted by Gasteiger charge is 2.16. The Morgan fingerprint density at radius 1 is 1.39 bits per heavy atom. The second-order valence-corrected chi connectivity index (χ2v) is 4.83. The van der Waals surface area contributed by atoms with Gasteiger partial charge in [0.05, 0.1) is 5.92 Å². The number of rotatable bonds is 4. The van der Waals surface area contributed by atoms with E-state index in [0.29, 0.717) is 6.54 Å². The lowest BCUT2D eigenvalue weighted by atomic mass is 10.1. The maximum absolute atomic E-state index is 10.8. The van der Waals surface area contributed by atoms with Gasteiger partial charge in [0, 0.05) is 17.8 Å². The highest BCUT2D eigenvalue weighted by molar-refractivity contribution is 5.70. The minimum atomic E-state index is -0.789. The van der Waals surface area contributed by atoms with Gasteiger partial charge in [-0.25, -0.2) is 9.97 Å². The molecule has 5 heteroatoms. The first kappa shape index (κ1) is 12.8. The number of carbonyl (C=O) groups is 1. The summed E-state index contributed by atoms with van der Waals surface area (Å²) in [5.41, 5.74) is 2.29. The fourth-order valence-corrected chi connectivity index (χ4v) is 2.19. The molecule has 0 aromatic carbocycles. The Bertz CT molecular complexity index is 434. The first-order chi connectivity index (χ1) is 8.68.